The highest BCUT2D eigenvalue weighted by Crippen LogP contribution is 2.15. The van der Waals surface area contributed by atoms with Gasteiger partial charge in [-0.3, -0.25) is 0 Å². The van der Waals surface area contributed by atoms with E-state index in [1.807, 2.05) is 6.92 Å². The van der Waals surface area contributed by atoms with Crippen LogP contribution in [0.1, 0.15) is 46.1 Å². The van der Waals surface area contributed by atoms with E-state index in [9.17, 15) is 9.59 Å². The van der Waals surface area contributed by atoms with E-state index in [4.69, 9.17) is 9.47 Å². The van der Waals surface area contributed by atoms with E-state index in [2.05, 4.69) is 20.2 Å². The van der Waals surface area contributed by atoms with Crippen molar-refractivity contribution in [2.45, 2.75) is 52.7 Å². The lowest BCUT2D eigenvalue weighted by Crippen LogP contribution is -2.44. The Morgan fingerprint density at radius 3 is 2.39 bits per heavy atom. The van der Waals surface area contributed by atoms with Crippen LogP contribution in [0.4, 0.5) is 15.5 Å². The molecule has 2 heterocycles. The number of ether oxygens (including phenoxy) is 2. The SMILES string of the molecule is CCCCOC(=O)N(Cc1cnc(N2CCNCC2)nc1)C(=O)OC(C)(C)C. The quantitative estimate of drug-likeness (QED) is 0.737. The van der Waals surface area contributed by atoms with Gasteiger partial charge < -0.3 is 19.7 Å². The number of nitrogens with zero attached hydrogens (tertiary/aromatic N) is 4. The predicted molar refractivity (Wildman–Crippen MR) is 105 cm³/mol. The minimum Gasteiger partial charge on any atom is -0.449 e. The molecule has 1 saturated heterocycles. The lowest BCUT2D eigenvalue weighted by atomic mass is 10.2. The molecule has 0 radical (unpaired) electrons. The van der Waals surface area contributed by atoms with Crippen molar-refractivity contribution < 1.29 is 19.1 Å². The van der Waals surface area contributed by atoms with E-state index >= 15 is 0 Å². The third-order valence-corrected chi connectivity index (χ3v) is 3.99. The van der Waals surface area contributed by atoms with Gasteiger partial charge in [0.05, 0.1) is 13.2 Å². The van der Waals surface area contributed by atoms with Crippen molar-refractivity contribution in [3.63, 3.8) is 0 Å². The third kappa shape index (κ3) is 6.95. The number of hydrogen-bond donors (Lipinski definition) is 1. The standard InChI is InChI=1S/C19H31N5O4/c1-5-6-11-27-17(25)24(18(26)28-19(2,3)4)14-15-12-21-16(22-13-15)23-9-7-20-8-10-23/h12-13,20H,5-11,14H2,1-4H3. The van der Waals surface area contributed by atoms with E-state index in [-0.39, 0.29) is 13.2 Å². The topological polar surface area (TPSA) is 96.9 Å². The summed E-state index contributed by atoms with van der Waals surface area (Å²) in [6.07, 6.45) is 3.40. The van der Waals surface area contributed by atoms with Crippen molar-refractivity contribution in [3.05, 3.63) is 18.0 Å². The van der Waals surface area contributed by atoms with Crippen LogP contribution in [-0.4, -0.2) is 65.4 Å². The Hall–Kier alpha value is -2.42. The average molecular weight is 393 g/mol. The number of anilines is 1. The first-order valence-corrected chi connectivity index (χ1v) is 9.74. The van der Waals surface area contributed by atoms with E-state index in [1.54, 1.807) is 33.2 Å². The van der Waals surface area contributed by atoms with Crippen LogP contribution in [0.3, 0.4) is 0 Å². The molecule has 156 valence electrons. The van der Waals surface area contributed by atoms with Gasteiger partial charge in [0.2, 0.25) is 5.95 Å². The Labute approximate surface area is 166 Å². The normalized spacial score (nSPS) is 14.5. The average Bonchev–Trinajstić information content (AvgIpc) is 2.66. The highest BCUT2D eigenvalue weighted by Gasteiger charge is 2.29. The molecule has 0 aromatic carbocycles. The van der Waals surface area contributed by atoms with Gasteiger partial charge in [0, 0.05) is 44.1 Å². The molecule has 0 saturated carbocycles. The molecule has 0 atom stereocenters. The predicted octanol–water partition coefficient (Wildman–Crippen LogP) is 2.56. The summed E-state index contributed by atoms with van der Waals surface area (Å²) in [4.78, 5) is 36.7. The second-order valence-corrected chi connectivity index (χ2v) is 7.66. The van der Waals surface area contributed by atoms with Crippen molar-refractivity contribution in [1.82, 2.24) is 20.2 Å². The molecule has 1 aromatic rings. The monoisotopic (exact) mass is 393 g/mol. The summed E-state index contributed by atoms with van der Waals surface area (Å²) in [5, 5.41) is 3.28. The Morgan fingerprint density at radius 2 is 1.82 bits per heavy atom. The zero-order valence-corrected chi connectivity index (χ0v) is 17.2. The van der Waals surface area contributed by atoms with Gasteiger partial charge in [-0.25, -0.2) is 24.5 Å². The molecule has 1 N–H and O–H groups in total. The van der Waals surface area contributed by atoms with Gasteiger partial charge in [0.15, 0.2) is 0 Å². The van der Waals surface area contributed by atoms with Crippen LogP contribution in [0.15, 0.2) is 12.4 Å². The highest BCUT2D eigenvalue weighted by atomic mass is 16.6. The molecule has 28 heavy (non-hydrogen) atoms. The van der Waals surface area contributed by atoms with Gasteiger partial charge in [-0.15, -0.1) is 0 Å². The van der Waals surface area contributed by atoms with E-state index in [0.717, 1.165) is 43.9 Å². The summed E-state index contributed by atoms with van der Waals surface area (Å²) in [5.41, 5.74) is -0.0982. The second-order valence-electron chi connectivity index (χ2n) is 7.66. The van der Waals surface area contributed by atoms with Crippen LogP contribution >= 0.6 is 0 Å². The minimum absolute atomic E-state index is 0.0122. The maximum Gasteiger partial charge on any atom is 0.420 e. The lowest BCUT2D eigenvalue weighted by Gasteiger charge is -2.27. The molecular formula is C19H31N5O4. The number of carbonyl (C=O) groups is 2. The summed E-state index contributed by atoms with van der Waals surface area (Å²) < 4.78 is 10.6. The molecule has 1 aliphatic rings. The fourth-order valence-electron chi connectivity index (χ4n) is 2.54. The molecule has 2 amide bonds. The first kappa shape index (κ1) is 21.9. The Balaban J connectivity index is 2.07. The number of rotatable bonds is 6. The molecule has 9 nitrogen and oxygen atoms in total. The fourth-order valence-corrected chi connectivity index (χ4v) is 2.54. The van der Waals surface area contributed by atoms with Crippen molar-refractivity contribution in [2.24, 2.45) is 0 Å². The number of carbonyl (C=O) groups excluding carboxylic acids is 2. The van der Waals surface area contributed by atoms with Crippen molar-refractivity contribution in [1.29, 1.82) is 0 Å². The van der Waals surface area contributed by atoms with Crippen molar-refractivity contribution >= 4 is 18.1 Å². The fraction of sp³-hybridized carbons (Fsp3) is 0.684. The smallest absolute Gasteiger partial charge is 0.420 e. The van der Waals surface area contributed by atoms with Gasteiger partial charge in [0.1, 0.15) is 5.60 Å². The zero-order chi connectivity index (χ0) is 20.6. The van der Waals surface area contributed by atoms with E-state index in [0.29, 0.717) is 11.5 Å². The summed E-state index contributed by atoms with van der Waals surface area (Å²) >= 11 is 0. The van der Waals surface area contributed by atoms with Gasteiger partial charge >= 0.3 is 12.2 Å². The number of amides is 2. The Bertz CT molecular complexity index is 639. The summed E-state index contributed by atoms with van der Waals surface area (Å²) in [7, 11) is 0. The summed E-state index contributed by atoms with van der Waals surface area (Å²) in [6.45, 7) is 10.9. The molecular weight excluding hydrogens is 362 g/mol. The number of imide groups is 1. The Morgan fingerprint density at radius 1 is 1.18 bits per heavy atom. The van der Waals surface area contributed by atoms with Crippen LogP contribution < -0.4 is 10.2 Å². The summed E-state index contributed by atoms with van der Waals surface area (Å²) in [6, 6.07) is 0. The minimum atomic E-state index is -0.750. The second kappa shape index (κ2) is 10.2. The number of unbranched alkanes of at least 4 members (excludes halogenated alkanes) is 1. The zero-order valence-electron chi connectivity index (χ0n) is 17.2. The molecule has 1 aromatic heterocycles. The molecule has 2 rings (SSSR count). The highest BCUT2D eigenvalue weighted by molar-refractivity contribution is 5.87. The van der Waals surface area contributed by atoms with Crippen LogP contribution in [-0.2, 0) is 16.0 Å². The van der Waals surface area contributed by atoms with Crippen LogP contribution in [0.25, 0.3) is 0 Å². The van der Waals surface area contributed by atoms with Crippen molar-refractivity contribution in [2.75, 3.05) is 37.7 Å². The van der Waals surface area contributed by atoms with Crippen LogP contribution in [0.5, 0.6) is 0 Å². The maximum absolute atomic E-state index is 12.5. The molecule has 1 aliphatic heterocycles. The molecule has 0 bridgehead atoms. The third-order valence-electron chi connectivity index (χ3n) is 3.99. The maximum atomic E-state index is 12.5. The molecule has 0 aliphatic carbocycles. The molecule has 9 heteroatoms. The van der Waals surface area contributed by atoms with E-state index in [1.165, 1.54) is 0 Å². The van der Waals surface area contributed by atoms with Crippen LogP contribution in [0, 0.1) is 0 Å². The molecule has 0 spiro atoms. The van der Waals surface area contributed by atoms with Gasteiger partial charge in [-0.05, 0) is 27.2 Å². The van der Waals surface area contributed by atoms with Crippen molar-refractivity contribution in [3.8, 4) is 0 Å². The van der Waals surface area contributed by atoms with Gasteiger partial charge in [-0.1, -0.05) is 13.3 Å². The first-order chi connectivity index (χ1) is 13.3. The molecule has 0 unspecified atom stereocenters. The first-order valence-electron chi connectivity index (χ1n) is 9.74. The summed E-state index contributed by atoms with van der Waals surface area (Å²) in [5.74, 6) is 0.639. The van der Waals surface area contributed by atoms with Gasteiger partial charge in [-0.2, -0.15) is 0 Å². The number of nitrogens with one attached hydrogen (secondary N) is 1. The largest absolute Gasteiger partial charge is 0.449 e. The number of piperazine rings is 1. The molecule has 1 fully saturated rings. The van der Waals surface area contributed by atoms with Gasteiger partial charge in [0.25, 0.3) is 0 Å². The lowest BCUT2D eigenvalue weighted by molar-refractivity contribution is 0.0202. The Kier molecular flexibility index (Phi) is 7.98. The number of aromatic nitrogens is 2. The van der Waals surface area contributed by atoms with E-state index < -0.39 is 17.8 Å². The van der Waals surface area contributed by atoms with Crippen LogP contribution in [0.2, 0.25) is 0 Å². The number of hydrogen-bond acceptors (Lipinski definition) is 8.